The van der Waals surface area contributed by atoms with Gasteiger partial charge in [0.05, 0.1) is 74.8 Å². The lowest BCUT2D eigenvalue weighted by Crippen LogP contribution is -2.16. The molecule has 0 amide bonds. The smallest absolute Gasteiger partial charge is 0.350 e. The first-order valence-corrected chi connectivity index (χ1v) is 8.63. The lowest BCUT2D eigenvalue weighted by atomic mass is 10.2. The van der Waals surface area contributed by atoms with Gasteiger partial charge in [0.15, 0.2) is 11.5 Å². The molecule has 0 unspecified atom stereocenters. The van der Waals surface area contributed by atoms with Gasteiger partial charge in [-0.05, 0) is 0 Å². The van der Waals surface area contributed by atoms with Crippen LogP contribution in [0.25, 0.3) is 0 Å². The standard InChI is InChI=1S/C16H22N2O10/c19-17(20)13-11-15-16(12-14(13)18(21)22)28-10-8-26-6-4-24-2-1-23-3-5-25-7-9-27-15/h11-12H,1-10H2. The SMILES string of the molecule is O=[N+]([O-])c1cc2c(cc1[N+](=O)[O-])OCCOCCOCCOCCOCCO2. The molecule has 0 saturated heterocycles. The van der Waals surface area contributed by atoms with Crippen LogP contribution < -0.4 is 9.47 Å². The van der Waals surface area contributed by atoms with Gasteiger partial charge < -0.3 is 28.4 Å². The molecule has 0 saturated carbocycles. The molecule has 156 valence electrons. The Labute approximate surface area is 160 Å². The van der Waals surface area contributed by atoms with E-state index >= 15 is 0 Å². The highest BCUT2D eigenvalue weighted by Gasteiger charge is 2.28. The molecule has 1 aliphatic heterocycles. The molecule has 0 N–H and O–H groups in total. The number of hydrogen-bond donors (Lipinski definition) is 0. The monoisotopic (exact) mass is 402 g/mol. The van der Waals surface area contributed by atoms with Crippen LogP contribution in [0.4, 0.5) is 11.4 Å². The van der Waals surface area contributed by atoms with Crippen LogP contribution >= 0.6 is 0 Å². The summed E-state index contributed by atoms with van der Waals surface area (Å²) in [5, 5.41) is 22.3. The second-order valence-corrected chi connectivity index (χ2v) is 5.45. The van der Waals surface area contributed by atoms with Crippen molar-refractivity contribution in [3.63, 3.8) is 0 Å². The molecule has 1 aromatic carbocycles. The zero-order chi connectivity index (χ0) is 20.2. The van der Waals surface area contributed by atoms with Gasteiger partial charge in [0.1, 0.15) is 13.2 Å². The predicted molar refractivity (Wildman–Crippen MR) is 94.0 cm³/mol. The topological polar surface area (TPSA) is 142 Å². The van der Waals surface area contributed by atoms with E-state index in [1.54, 1.807) is 0 Å². The molecule has 1 heterocycles. The maximum Gasteiger partial charge on any atom is 0.350 e. The Bertz CT molecular complexity index is 600. The molecule has 1 aromatic rings. The molecule has 0 aliphatic carbocycles. The molecule has 0 bridgehead atoms. The van der Waals surface area contributed by atoms with E-state index in [1.807, 2.05) is 0 Å². The van der Waals surface area contributed by atoms with Gasteiger partial charge in [0.25, 0.3) is 0 Å². The Kier molecular flexibility index (Phi) is 9.34. The number of hydrogen-bond acceptors (Lipinski definition) is 10. The second kappa shape index (κ2) is 12.0. The molecule has 0 fully saturated rings. The average Bonchev–Trinajstić information content (AvgIpc) is 2.66. The van der Waals surface area contributed by atoms with Crippen LogP contribution in [0.2, 0.25) is 0 Å². The van der Waals surface area contributed by atoms with E-state index in [1.165, 1.54) is 0 Å². The largest absolute Gasteiger partial charge is 0.487 e. The first-order valence-electron chi connectivity index (χ1n) is 8.63. The molecule has 1 aliphatic rings. The lowest BCUT2D eigenvalue weighted by Gasteiger charge is -2.14. The lowest BCUT2D eigenvalue weighted by molar-refractivity contribution is -0.422. The van der Waals surface area contributed by atoms with Crippen LogP contribution in [0.5, 0.6) is 11.5 Å². The summed E-state index contributed by atoms with van der Waals surface area (Å²) in [6.45, 7) is 2.90. The van der Waals surface area contributed by atoms with Gasteiger partial charge in [-0.2, -0.15) is 0 Å². The molecule has 28 heavy (non-hydrogen) atoms. The third kappa shape index (κ3) is 7.23. The molecule has 2 rings (SSSR count). The molecule has 0 radical (unpaired) electrons. The van der Waals surface area contributed by atoms with Gasteiger partial charge in [-0.3, -0.25) is 20.2 Å². The molecular weight excluding hydrogens is 380 g/mol. The number of nitro benzene ring substituents is 2. The van der Waals surface area contributed by atoms with Crippen molar-refractivity contribution in [3.05, 3.63) is 32.4 Å². The number of ether oxygens (including phenoxy) is 6. The third-order valence-corrected chi connectivity index (χ3v) is 3.52. The fourth-order valence-corrected chi connectivity index (χ4v) is 2.24. The normalized spacial score (nSPS) is 17.9. The minimum absolute atomic E-state index is 0.0154. The Morgan fingerprint density at radius 3 is 1.14 bits per heavy atom. The minimum atomic E-state index is -0.843. The van der Waals surface area contributed by atoms with Gasteiger partial charge >= 0.3 is 11.4 Å². The van der Waals surface area contributed by atoms with E-state index in [0.717, 1.165) is 12.1 Å². The van der Waals surface area contributed by atoms with Crippen molar-refractivity contribution in [2.24, 2.45) is 0 Å². The number of benzene rings is 1. The fraction of sp³-hybridized carbons (Fsp3) is 0.625. The van der Waals surface area contributed by atoms with Gasteiger partial charge in [-0.1, -0.05) is 0 Å². The number of nitrogens with zero attached hydrogens (tertiary/aromatic N) is 2. The van der Waals surface area contributed by atoms with Crippen LogP contribution in [0, 0.1) is 20.2 Å². The molecule has 12 heteroatoms. The van der Waals surface area contributed by atoms with E-state index in [-0.39, 0.29) is 37.9 Å². The van der Waals surface area contributed by atoms with Crippen molar-refractivity contribution in [3.8, 4) is 11.5 Å². The summed E-state index contributed by atoms with van der Waals surface area (Å²) in [5.41, 5.74) is -1.37. The summed E-state index contributed by atoms with van der Waals surface area (Å²) < 4.78 is 32.3. The quantitative estimate of drug-likeness (QED) is 0.525. The fourth-order valence-electron chi connectivity index (χ4n) is 2.24. The van der Waals surface area contributed by atoms with E-state index in [0.29, 0.717) is 39.6 Å². The van der Waals surface area contributed by atoms with E-state index in [9.17, 15) is 20.2 Å². The van der Waals surface area contributed by atoms with Crippen LogP contribution in [0.1, 0.15) is 0 Å². The predicted octanol–water partition coefficient (Wildman–Crippen LogP) is 1.34. The first kappa shape index (κ1) is 21.8. The van der Waals surface area contributed by atoms with Gasteiger partial charge in [-0.15, -0.1) is 0 Å². The summed E-state index contributed by atoms with van der Waals surface area (Å²) in [5.74, 6) is 0.0307. The van der Waals surface area contributed by atoms with Crippen molar-refractivity contribution in [2.75, 3.05) is 66.1 Å². The number of rotatable bonds is 2. The summed E-state index contributed by atoms with van der Waals surface area (Å²) in [6.07, 6.45) is 0. The van der Waals surface area contributed by atoms with Crippen molar-refractivity contribution in [1.29, 1.82) is 0 Å². The van der Waals surface area contributed by atoms with E-state index in [2.05, 4.69) is 0 Å². The maximum atomic E-state index is 11.1. The highest BCUT2D eigenvalue weighted by Crippen LogP contribution is 2.39. The zero-order valence-corrected chi connectivity index (χ0v) is 15.2. The summed E-state index contributed by atoms with van der Waals surface area (Å²) in [7, 11) is 0. The molecular formula is C16H22N2O10. The highest BCUT2D eigenvalue weighted by atomic mass is 16.6. The van der Waals surface area contributed by atoms with Gasteiger partial charge in [-0.25, -0.2) is 0 Å². The van der Waals surface area contributed by atoms with E-state index < -0.39 is 21.2 Å². The number of nitro groups is 2. The summed E-state index contributed by atoms with van der Waals surface area (Å²) in [4.78, 5) is 20.6. The summed E-state index contributed by atoms with van der Waals surface area (Å²) >= 11 is 0. The molecule has 0 aromatic heterocycles. The second-order valence-electron chi connectivity index (χ2n) is 5.45. The Morgan fingerprint density at radius 1 is 0.571 bits per heavy atom. The Balaban J connectivity index is 2.11. The first-order chi connectivity index (χ1) is 13.6. The highest BCUT2D eigenvalue weighted by molar-refractivity contribution is 5.62. The molecule has 0 spiro atoms. The summed E-state index contributed by atoms with van der Waals surface area (Å²) in [6, 6.07) is 1.95. The minimum Gasteiger partial charge on any atom is -0.487 e. The van der Waals surface area contributed by atoms with Crippen molar-refractivity contribution >= 4 is 11.4 Å². The molecule has 12 nitrogen and oxygen atoms in total. The average molecular weight is 402 g/mol. The van der Waals surface area contributed by atoms with Gasteiger partial charge in [0, 0.05) is 0 Å². The maximum absolute atomic E-state index is 11.1. The van der Waals surface area contributed by atoms with Crippen LogP contribution in [0.15, 0.2) is 12.1 Å². The third-order valence-electron chi connectivity index (χ3n) is 3.52. The Morgan fingerprint density at radius 2 is 0.857 bits per heavy atom. The Hall–Kier alpha value is -2.54. The zero-order valence-electron chi connectivity index (χ0n) is 15.2. The van der Waals surface area contributed by atoms with Crippen molar-refractivity contribution in [1.82, 2.24) is 0 Å². The van der Waals surface area contributed by atoms with Crippen LogP contribution in [-0.2, 0) is 18.9 Å². The van der Waals surface area contributed by atoms with Crippen molar-refractivity contribution < 1.29 is 38.3 Å². The van der Waals surface area contributed by atoms with Crippen LogP contribution in [-0.4, -0.2) is 75.9 Å². The van der Waals surface area contributed by atoms with Crippen LogP contribution in [0.3, 0.4) is 0 Å². The molecule has 0 atom stereocenters. The van der Waals surface area contributed by atoms with Gasteiger partial charge in [0.2, 0.25) is 0 Å². The van der Waals surface area contributed by atoms with E-state index in [4.69, 9.17) is 28.4 Å². The van der Waals surface area contributed by atoms with Crippen molar-refractivity contribution in [2.45, 2.75) is 0 Å². The number of fused-ring (bicyclic) bond motifs is 1.